The van der Waals surface area contributed by atoms with Gasteiger partial charge in [0.25, 0.3) is 0 Å². The van der Waals surface area contributed by atoms with Crippen molar-refractivity contribution in [2.45, 2.75) is 64.4 Å². The van der Waals surface area contributed by atoms with Crippen LogP contribution in [0.1, 0.15) is 58.3 Å². The number of rotatable bonds is 9. The molecule has 1 saturated carbocycles. The number of carbonyl (C=O) groups excluding carboxylic acids is 1. The first kappa shape index (κ1) is 21.2. The first-order valence-electron chi connectivity index (χ1n) is 10.3. The second-order valence-corrected chi connectivity index (χ2v) is 8.09. The molecule has 1 N–H and O–H groups in total. The van der Waals surface area contributed by atoms with Crippen molar-refractivity contribution in [3.8, 4) is 0 Å². The number of ether oxygens (including phenoxy) is 1. The van der Waals surface area contributed by atoms with Gasteiger partial charge in [-0.25, -0.2) is 0 Å². The normalized spacial score (nSPS) is 23.2. The number of carbonyl (C=O) groups is 2. The average molecular weight is 369 g/mol. The molecule has 0 bridgehead atoms. The highest BCUT2D eigenvalue weighted by atomic mass is 16.5. The van der Waals surface area contributed by atoms with Crippen LogP contribution < -0.4 is 0 Å². The Morgan fingerprint density at radius 1 is 1.27 bits per heavy atom. The van der Waals surface area contributed by atoms with Crippen molar-refractivity contribution in [1.29, 1.82) is 0 Å². The molecule has 2 rings (SSSR count). The van der Waals surface area contributed by atoms with Gasteiger partial charge >= 0.3 is 5.97 Å². The number of nitrogens with zero attached hydrogens (tertiary/aromatic N) is 2. The lowest BCUT2D eigenvalue weighted by Crippen LogP contribution is -2.51. The molecule has 2 aliphatic rings. The highest BCUT2D eigenvalue weighted by molar-refractivity contribution is 5.79. The van der Waals surface area contributed by atoms with Gasteiger partial charge in [-0.15, -0.1) is 0 Å². The fraction of sp³-hybridized carbons (Fsp3) is 0.900. The Hall–Kier alpha value is -1.14. The van der Waals surface area contributed by atoms with Gasteiger partial charge in [-0.2, -0.15) is 0 Å². The number of morpholine rings is 1. The maximum Gasteiger partial charge on any atom is 0.317 e. The molecule has 2 fully saturated rings. The van der Waals surface area contributed by atoms with E-state index in [0.29, 0.717) is 32.2 Å². The largest absolute Gasteiger partial charge is 0.480 e. The number of hydrogen-bond donors (Lipinski definition) is 1. The van der Waals surface area contributed by atoms with E-state index < -0.39 is 5.97 Å². The zero-order chi connectivity index (χ0) is 18.9. The van der Waals surface area contributed by atoms with Crippen LogP contribution >= 0.6 is 0 Å². The Labute approximate surface area is 157 Å². The molecule has 1 aliphatic heterocycles. The van der Waals surface area contributed by atoms with Crippen LogP contribution in [0.2, 0.25) is 0 Å². The molecule has 6 nitrogen and oxygen atoms in total. The van der Waals surface area contributed by atoms with Crippen LogP contribution in [0.5, 0.6) is 0 Å². The Balaban J connectivity index is 1.88. The minimum atomic E-state index is -0.841. The van der Waals surface area contributed by atoms with Crippen LogP contribution in [-0.4, -0.2) is 72.7 Å². The van der Waals surface area contributed by atoms with E-state index in [9.17, 15) is 9.59 Å². The smallest absolute Gasteiger partial charge is 0.317 e. The maximum absolute atomic E-state index is 13.1. The van der Waals surface area contributed by atoms with Crippen LogP contribution in [-0.2, 0) is 14.3 Å². The van der Waals surface area contributed by atoms with Crippen molar-refractivity contribution >= 4 is 11.9 Å². The molecule has 1 heterocycles. The summed E-state index contributed by atoms with van der Waals surface area (Å²) in [6, 6.07) is 0. The molecule has 1 aliphatic carbocycles. The van der Waals surface area contributed by atoms with Crippen LogP contribution in [0.15, 0.2) is 0 Å². The fourth-order valence-corrected chi connectivity index (χ4v) is 4.45. The van der Waals surface area contributed by atoms with Crippen molar-refractivity contribution in [2.24, 2.45) is 11.8 Å². The molecule has 2 atom stereocenters. The summed E-state index contributed by atoms with van der Waals surface area (Å²) < 4.78 is 5.77. The zero-order valence-electron chi connectivity index (χ0n) is 16.5. The molecule has 0 aromatic heterocycles. The van der Waals surface area contributed by atoms with E-state index >= 15 is 0 Å². The molecular formula is C20H36N2O4. The molecular weight excluding hydrogens is 332 g/mol. The lowest BCUT2D eigenvalue weighted by molar-refractivity contribution is -0.146. The zero-order valence-corrected chi connectivity index (χ0v) is 16.5. The van der Waals surface area contributed by atoms with Crippen molar-refractivity contribution in [3.63, 3.8) is 0 Å². The topological polar surface area (TPSA) is 70.1 Å². The number of amides is 1. The molecule has 0 spiro atoms. The summed E-state index contributed by atoms with van der Waals surface area (Å²) in [4.78, 5) is 27.7. The Kier molecular flexibility index (Phi) is 8.85. The van der Waals surface area contributed by atoms with Crippen molar-refractivity contribution < 1.29 is 19.4 Å². The summed E-state index contributed by atoms with van der Waals surface area (Å²) in [5, 5.41) is 8.89. The first-order valence-corrected chi connectivity index (χ1v) is 10.3. The average Bonchev–Trinajstić information content (AvgIpc) is 2.61. The van der Waals surface area contributed by atoms with Gasteiger partial charge in [-0.3, -0.25) is 14.5 Å². The second kappa shape index (κ2) is 10.9. The maximum atomic E-state index is 13.1. The molecule has 0 aromatic rings. The van der Waals surface area contributed by atoms with Gasteiger partial charge in [0.2, 0.25) is 5.91 Å². The lowest BCUT2D eigenvalue weighted by Gasteiger charge is -2.37. The van der Waals surface area contributed by atoms with Gasteiger partial charge in [0.05, 0.1) is 19.3 Å². The first-order chi connectivity index (χ1) is 12.5. The predicted octanol–water partition coefficient (Wildman–Crippen LogP) is 2.62. The highest BCUT2D eigenvalue weighted by Crippen LogP contribution is 2.31. The van der Waals surface area contributed by atoms with E-state index in [-0.39, 0.29) is 24.5 Å². The van der Waals surface area contributed by atoms with E-state index in [1.54, 1.807) is 11.9 Å². The summed E-state index contributed by atoms with van der Waals surface area (Å²) >= 11 is 0. The predicted molar refractivity (Wildman–Crippen MR) is 101 cm³/mol. The lowest BCUT2D eigenvalue weighted by atomic mass is 9.81. The van der Waals surface area contributed by atoms with Crippen molar-refractivity contribution in [1.82, 2.24) is 9.80 Å². The summed E-state index contributed by atoms with van der Waals surface area (Å²) in [5.41, 5.74) is 0. The van der Waals surface area contributed by atoms with E-state index in [1.807, 2.05) is 4.90 Å². The summed E-state index contributed by atoms with van der Waals surface area (Å²) in [6.07, 6.45) is 9.47. The van der Waals surface area contributed by atoms with Gasteiger partial charge in [0.15, 0.2) is 0 Å². The summed E-state index contributed by atoms with van der Waals surface area (Å²) in [7, 11) is 1.78. The van der Waals surface area contributed by atoms with E-state index in [4.69, 9.17) is 9.84 Å². The van der Waals surface area contributed by atoms with Crippen LogP contribution in [0.3, 0.4) is 0 Å². The number of aliphatic carboxylic acids is 1. The SMILES string of the molecule is CCCC(CC1CCCCC1)C(=O)N1CCOC(CN(C)CC(=O)O)C1. The molecule has 0 aromatic carbocycles. The van der Waals surface area contributed by atoms with Gasteiger partial charge in [0, 0.05) is 25.6 Å². The minimum Gasteiger partial charge on any atom is -0.480 e. The van der Waals surface area contributed by atoms with Crippen LogP contribution in [0.25, 0.3) is 0 Å². The number of carboxylic acids is 1. The van der Waals surface area contributed by atoms with Crippen LogP contribution in [0.4, 0.5) is 0 Å². The second-order valence-electron chi connectivity index (χ2n) is 8.09. The van der Waals surface area contributed by atoms with E-state index in [0.717, 1.165) is 19.3 Å². The third kappa shape index (κ3) is 6.88. The van der Waals surface area contributed by atoms with Gasteiger partial charge in [-0.05, 0) is 25.8 Å². The van der Waals surface area contributed by atoms with Gasteiger partial charge in [0.1, 0.15) is 0 Å². The van der Waals surface area contributed by atoms with Crippen molar-refractivity contribution in [2.75, 3.05) is 39.8 Å². The van der Waals surface area contributed by atoms with Gasteiger partial charge in [-0.1, -0.05) is 45.4 Å². The number of hydrogen-bond acceptors (Lipinski definition) is 4. The molecule has 1 saturated heterocycles. The molecule has 2 unspecified atom stereocenters. The molecule has 6 heteroatoms. The quantitative estimate of drug-likeness (QED) is 0.677. The van der Waals surface area contributed by atoms with Gasteiger partial charge < -0.3 is 14.7 Å². The molecule has 26 heavy (non-hydrogen) atoms. The Morgan fingerprint density at radius 2 is 2.00 bits per heavy atom. The summed E-state index contributed by atoms with van der Waals surface area (Å²) in [6.45, 7) is 4.46. The highest BCUT2D eigenvalue weighted by Gasteiger charge is 2.31. The van der Waals surface area contributed by atoms with Crippen LogP contribution in [0, 0.1) is 11.8 Å². The standard InChI is InChI=1S/C20H36N2O4/c1-3-7-17(12-16-8-5-4-6-9-16)20(25)22-10-11-26-18(14-22)13-21(2)15-19(23)24/h16-18H,3-15H2,1-2H3,(H,23,24). The fourth-order valence-electron chi connectivity index (χ4n) is 4.45. The molecule has 0 radical (unpaired) electrons. The third-order valence-electron chi connectivity index (χ3n) is 5.70. The minimum absolute atomic E-state index is 0.00601. The van der Waals surface area contributed by atoms with E-state index in [1.165, 1.54) is 32.1 Å². The monoisotopic (exact) mass is 368 g/mol. The molecule has 150 valence electrons. The number of likely N-dealkylation sites (N-methyl/N-ethyl adjacent to an activating group) is 1. The Morgan fingerprint density at radius 3 is 2.65 bits per heavy atom. The molecule has 1 amide bonds. The summed E-state index contributed by atoms with van der Waals surface area (Å²) in [5.74, 6) is 0.291. The Bertz CT molecular complexity index is 451. The third-order valence-corrected chi connectivity index (χ3v) is 5.70. The van der Waals surface area contributed by atoms with E-state index in [2.05, 4.69) is 6.92 Å². The van der Waals surface area contributed by atoms with Crippen molar-refractivity contribution in [3.05, 3.63) is 0 Å². The number of carboxylic acid groups (broad SMARTS) is 1.